The predicted molar refractivity (Wildman–Crippen MR) is 110 cm³/mol. The third-order valence-electron chi connectivity index (χ3n) is 5.02. The maximum Gasteiger partial charge on any atom is 0.0571 e. The summed E-state index contributed by atoms with van der Waals surface area (Å²) in [6.45, 7) is 5.38. The number of benzene rings is 3. The topological polar surface area (TPSA) is 8.17 Å². The average Bonchev–Trinajstić information content (AvgIpc) is 2.95. The molecule has 0 aliphatic heterocycles. The smallest absolute Gasteiger partial charge is 0.0571 e. The van der Waals surface area contributed by atoms with Gasteiger partial charge in [0.25, 0.3) is 0 Å². The van der Waals surface area contributed by atoms with Gasteiger partial charge in [0.2, 0.25) is 0 Å². The lowest BCUT2D eigenvalue weighted by Crippen LogP contribution is -2.07. The predicted octanol–water partition coefficient (Wildman–Crippen LogP) is 5.86. The lowest BCUT2D eigenvalue weighted by molar-refractivity contribution is 0.827. The van der Waals surface area contributed by atoms with Gasteiger partial charge >= 0.3 is 0 Å². The van der Waals surface area contributed by atoms with E-state index in [-0.39, 0.29) is 0 Å². The Balaban J connectivity index is 2.06. The van der Waals surface area contributed by atoms with Crippen molar-refractivity contribution in [3.63, 3.8) is 0 Å². The van der Waals surface area contributed by atoms with Gasteiger partial charge in [-0.05, 0) is 55.3 Å². The molecule has 25 heavy (non-hydrogen) atoms. The van der Waals surface area contributed by atoms with E-state index < -0.39 is 0 Å². The minimum Gasteiger partial charge on any atom is -0.378 e. The molecule has 2 heteroatoms. The molecule has 4 rings (SSSR count). The van der Waals surface area contributed by atoms with E-state index in [4.69, 9.17) is 0 Å². The van der Waals surface area contributed by atoms with Crippen molar-refractivity contribution < 1.29 is 0 Å². The summed E-state index contributed by atoms with van der Waals surface area (Å²) in [5, 5.41) is 2.69. The Labute approximate surface area is 149 Å². The second kappa shape index (κ2) is 5.96. The molecule has 0 radical (unpaired) electrons. The van der Waals surface area contributed by atoms with Crippen molar-refractivity contribution in [2.24, 2.45) is 0 Å². The molecule has 0 fully saturated rings. The Morgan fingerprint density at radius 1 is 0.880 bits per heavy atom. The summed E-state index contributed by atoms with van der Waals surface area (Å²) < 4.78 is 2.44. The molecule has 0 saturated heterocycles. The summed E-state index contributed by atoms with van der Waals surface area (Å²) in [7, 11) is 4.16. The van der Waals surface area contributed by atoms with Gasteiger partial charge < -0.3 is 9.47 Å². The van der Waals surface area contributed by atoms with Gasteiger partial charge in [-0.2, -0.15) is 0 Å². The van der Waals surface area contributed by atoms with Crippen LogP contribution in [0.4, 0.5) is 5.69 Å². The first-order valence-corrected chi connectivity index (χ1v) is 8.89. The third kappa shape index (κ3) is 2.49. The second-order valence-electron chi connectivity index (χ2n) is 6.91. The minimum atomic E-state index is 0.968. The number of para-hydroxylation sites is 1. The maximum absolute atomic E-state index is 2.44. The standard InChI is InChI=1S/C23H24N2/c1-5-25-22-9-7-6-8-19(22)21-15-16(2)14-20(23(21)25)17-10-12-18(13-11-17)24(3)4/h6-15H,5H2,1-4H3. The van der Waals surface area contributed by atoms with Crippen molar-refractivity contribution in [1.82, 2.24) is 4.57 Å². The Morgan fingerprint density at radius 3 is 2.28 bits per heavy atom. The molecule has 2 nitrogen and oxygen atoms in total. The van der Waals surface area contributed by atoms with E-state index in [1.165, 1.54) is 44.2 Å². The third-order valence-corrected chi connectivity index (χ3v) is 5.02. The van der Waals surface area contributed by atoms with Gasteiger partial charge in [-0.25, -0.2) is 0 Å². The second-order valence-corrected chi connectivity index (χ2v) is 6.91. The maximum atomic E-state index is 2.44. The number of fused-ring (bicyclic) bond motifs is 3. The van der Waals surface area contributed by atoms with E-state index in [2.05, 4.69) is 98.1 Å². The molecule has 0 spiro atoms. The van der Waals surface area contributed by atoms with Crippen molar-refractivity contribution in [1.29, 1.82) is 0 Å². The van der Waals surface area contributed by atoms with Crippen molar-refractivity contribution in [3.05, 3.63) is 66.2 Å². The van der Waals surface area contributed by atoms with Crippen molar-refractivity contribution in [3.8, 4) is 11.1 Å². The first kappa shape index (κ1) is 15.8. The van der Waals surface area contributed by atoms with Crippen molar-refractivity contribution in [2.45, 2.75) is 20.4 Å². The zero-order chi connectivity index (χ0) is 17.6. The lowest BCUT2D eigenvalue weighted by atomic mass is 9.99. The molecular formula is C23H24N2. The number of hydrogen-bond donors (Lipinski definition) is 0. The summed E-state index contributed by atoms with van der Waals surface area (Å²) in [6.07, 6.45) is 0. The summed E-state index contributed by atoms with van der Waals surface area (Å²) in [5.74, 6) is 0. The number of rotatable bonds is 3. The Hall–Kier alpha value is -2.74. The van der Waals surface area contributed by atoms with Crippen LogP contribution in [0, 0.1) is 6.92 Å². The summed E-state index contributed by atoms with van der Waals surface area (Å²) in [4.78, 5) is 2.14. The molecule has 0 bridgehead atoms. The number of anilines is 1. The van der Waals surface area contributed by atoms with Gasteiger partial charge in [0.1, 0.15) is 0 Å². The fraction of sp³-hybridized carbons (Fsp3) is 0.217. The van der Waals surface area contributed by atoms with Gasteiger partial charge in [0, 0.05) is 48.2 Å². The molecule has 0 saturated carbocycles. The van der Waals surface area contributed by atoms with Crippen LogP contribution in [0.5, 0.6) is 0 Å². The molecule has 1 heterocycles. The molecule has 3 aromatic carbocycles. The Kier molecular flexibility index (Phi) is 3.76. The van der Waals surface area contributed by atoms with E-state index in [0.29, 0.717) is 0 Å². The summed E-state index contributed by atoms with van der Waals surface area (Å²) in [6, 6.07) is 22.2. The van der Waals surface area contributed by atoms with Crippen molar-refractivity contribution >= 4 is 27.5 Å². The van der Waals surface area contributed by atoms with Crippen LogP contribution >= 0.6 is 0 Å². The van der Waals surface area contributed by atoms with E-state index in [1.807, 2.05) is 0 Å². The highest BCUT2D eigenvalue weighted by Crippen LogP contribution is 2.37. The fourth-order valence-electron chi connectivity index (χ4n) is 3.82. The van der Waals surface area contributed by atoms with Gasteiger partial charge in [-0.3, -0.25) is 0 Å². The quantitative estimate of drug-likeness (QED) is 0.457. The highest BCUT2D eigenvalue weighted by molar-refractivity contribution is 6.13. The van der Waals surface area contributed by atoms with Gasteiger partial charge in [0.05, 0.1) is 5.52 Å². The fourth-order valence-corrected chi connectivity index (χ4v) is 3.82. The molecule has 4 aromatic rings. The lowest BCUT2D eigenvalue weighted by Gasteiger charge is -2.14. The normalized spacial score (nSPS) is 11.4. The molecule has 0 unspecified atom stereocenters. The monoisotopic (exact) mass is 328 g/mol. The largest absolute Gasteiger partial charge is 0.378 e. The summed E-state index contributed by atoms with van der Waals surface area (Å²) >= 11 is 0. The van der Waals surface area contributed by atoms with Crippen LogP contribution in [0.3, 0.4) is 0 Å². The van der Waals surface area contributed by atoms with E-state index in [0.717, 1.165) is 6.54 Å². The Morgan fingerprint density at radius 2 is 1.60 bits per heavy atom. The number of aromatic nitrogens is 1. The average molecular weight is 328 g/mol. The molecule has 126 valence electrons. The van der Waals surface area contributed by atoms with Crippen LogP contribution in [-0.2, 0) is 6.54 Å². The molecule has 0 N–H and O–H groups in total. The molecule has 0 amide bonds. The van der Waals surface area contributed by atoms with Gasteiger partial charge in [-0.1, -0.05) is 30.3 Å². The highest BCUT2D eigenvalue weighted by Gasteiger charge is 2.14. The van der Waals surface area contributed by atoms with E-state index in [1.54, 1.807) is 0 Å². The molecular weight excluding hydrogens is 304 g/mol. The number of aryl methyl sites for hydroxylation is 2. The van der Waals surface area contributed by atoms with E-state index in [9.17, 15) is 0 Å². The Bertz CT molecular complexity index is 1050. The van der Waals surface area contributed by atoms with Gasteiger partial charge in [0.15, 0.2) is 0 Å². The first-order chi connectivity index (χ1) is 12.1. The van der Waals surface area contributed by atoms with Crippen LogP contribution < -0.4 is 4.90 Å². The SMILES string of the molecule is CCn1c2ccccc2c2cc(C)cc(-c3ccc(N(C)C)cc3)c21. The number of nitrogens with zero attached hydrogens (tertiary/aromatic N) is 2. The molecule has 1 aromatic heterocycles. The minimum absolute atomic E-state index is 0.968. The van der Waals surface area contributed by atoms with Crippen LogP contribution in [-0.4, -0.2) is 18.7 Å². The van der Waals surface area contributed by atoms with Crippen molar-refractivity contribution in [2.75, 3.05) is 19.0 Å². The molecule has 0 aliphatic rings. The number of hydrogen-bond acceptors (Lipinski definition) is 1. The van der Waals surface area contributed by atoms with Crippen LogP contribution in [0.2, 0.25) is 0 Å². The zero-order valence-corrected chi connectivity index (χ0v) is 15.4. The highest BCUT2D eigenvalue weighted by atomic mass is 15.1. The van der Waals surface area contributed by atoms with Crippen LogP contribution in [0.25, 0.3) is 32.9 Å². The summed E-state index contributed by atoms with van der Waals surface area (Å²) in [5.41, 5.74) is 7.78. The first-order valence-electron chi connectivity index (χ1n) is 8.89. The van der Waals surface area contributed by atoms with E-state index >= 15 is 0 Å². The van der Waals surface area contributed by atoms with Gasteiger partial charge in [-0.15, -0.1) is 0 Å². The van der Waals surface area contributed by atoms with Crippen LogP contribution in [0.1, 0.15) is 12.5 Å². The van der Waals surface area contributed by atoms with Crippen LogP contribution in [0.15, 0.2) is 60.7 Å². The molecule has 0 atom stereocenters. The molecule has 0 aliphatic carbocycles. The zero-order valence-electron chi connectivity index (χ0n) is 15.4.